The molecule has 0 aromatic heterocycles. The average Bonchev–Trinajstić information content (AvgIpc) is 3.34. The van der Waals surface area contributed by atoms with Crippen molar-refractivity contribution in [3.63, 3.8) is 0 Å². The third kappa shape index (κ3) is 4.86. The van der Waals surface area contributed by atoms with Crippen molar-refractivity contribution < 1.29 is 32.2 Å². The topological polar surface area (TPSA) is 103 Å². The molecule has 0 atom stereocenters. The molecule has 0 radical (unpaired) electrons. The first-order valence-electron chi connectivity index (χ1n) is 10.4. The highest BCUT2D eigenvalue weighted by atomic mass is 32.2. The molecule has 1 aliphatic rings. The Morgan fingerprint density at radius 2 is 1.74 bits per heavy atom. The number of nitrogens with zero attached hydrogens (tertiary/aromatic N) is 1. The Labute approximate surface area is 197 Å². The molecule has 0 saturated heterocycles. The third-order valence-corrected chi connectivity index (χ3v) is 6.97. The maximum absolute atomic E-state index is 13.5. The van der Waals surface area contributed by atoms with Crippen LogP contribution >= 0.6 is 0 Å². The highest BCUT2D eigenvalue weighted by Crippen LogP contribution is 2.35. The fraction of sp³-hybridized carbons (Fsp3) is 0.208. The van der Waals surface area contributed by atoms with E-state index in [1.54, 1.807) is 54.6 Å². The Morgan fingerprint density at radius 1 is 0.971 bits per heavy atom. The summed E-state index contributed by atoms with van der Waals surface area (Å²) in [5, 5.41) is 2.77. The van der Waals surface area contributed by atoms with Crippen molar-refractivity contribution in [2.45, 2.75) is 11.4 Å². The van der Waals surface area contributed by atoms with Gasteiger partial charge in [0.05, 0.1) is 24.8 Å². The lowest BCUT2D eigenvalue weighted by molar-refractivity contribution is -0.119. The summed E-state index contributed by atoms with van der Waals surface area (Å²) < 4.78 is 49.3. The highest BCUT2D eigenvalue weighted by Gasteiger charge is 2.29. The summed E-state index contributed by atoms with van der Waals surface area (Å²) in [7, 11) is -1.16. The number of nitrogens with one attached hydrogen (secondary N) is 1. The second-order valence-electron chi connectivity index (χ2n) is 7.33. The second kappa shape index (κ2) is 9.92. The van der Waals surface area contributed by atoms with Gasteiger partial charge in [-0.05, 0) is 42.0 Å². The standard InChI is InChI=1S/C24H24N2O7S/c1-30-18-9-10-20(22(13-18)31-2)26(34(28,29)19-6-4-3-5-7-19)15-24(27)25-14-17-8-11-21-23(12-17)33-16-32-21/h3-13H,14-16H2,1-2H3,(H,25,27). The lowest BCUT2D eigenvalue weighted by Crippen LogP contribution is -2.40. The number of fused-ring (bicyclic) bond motifs is 1. The van der Waals surface area contributed by atoms with Crippen LogP contribution in [0, 0.1) is 0 Å². The number of amides is 1. The van der Waals surface area contributed by atoms with Gasteiger partial charge < -0.3 is 24.3 Å². The molecule has 0 unspecified atom stereocenters. The Bertz CT molecular complexity index is 1280. The van der Waals surface area contributed by atoms with E-state index in [-0.39, 0.29) is 29.7 Å². The maximum atomic E-state index is 13.5. The van der Waals surface area contributed by atoms with E-state index in [1.165, 1.54) is 26.4 Å². The molecule has 0 aliphatic carbocycles. The van der Waals surface area contributed by atoms with Gasteiger partial charge in [-0.25, -0.2) is 8.42 Å². The summed E-state index contributed by atoms with van der Waals surface area (Å²) in [6.07, 6.45) is 0. The van der Waals surface area contributed by atoms with Crippen LogP contribution in [0.2, 0.25) is 0 Å². The molecular weight excluding hydrogens is 460 g/mol. The fourth-order valence-electron chi connectivity index (χ4n) is 3.45. The van der Waals surface area contributed by atoms with Crippen LogP contribution in [0.25, 0.3) is 0 Å². The molecule has 1 N–H and O–H groups in total. The lowest BCUT2D eigenvalue weighted by Gasteiger charge is -2.26. The van der Waals surface area contributed by atoms with Gasteiger partial charge in [0.25, 0.3) is 10.0 Å². The number of carbonyl (C=O) groups is 1. The van der Waals surface area contributed by atoms with Gasteiger partial charge in [-0.1, -0.05) is 24.3 Å². The van der Waals surface area contributed by atoms with Gasteiger partial charge in [0.15, 0.2) is 11.5 Å². The van der Waals surface area contributed by atoms with Crippen molar-refractivity contribution in [1.29, 1.82) is 0 Å². The number of hydrogen-bond donors (Lipinski definition) is 1. The molecule has 3 aromatic carbocycles. The molecule has 1 aliphatic heterocycles. The number of carbonyl (C=O) groups excluding carboxylic acids is 1. The van der Waals surface area contributed by atoms with E-state index in [1.807, 2.05) is 0 Å². The van der Waals surface area contributed by atoms with E-state index in [0.29, 0.717) is 17.2 Å². The van der Waals surface area contributed by atoms with Crippen molar-refractivity contribution >= 4 is 21.6 Å². The second-order valence-corrected chi connectivity index (χ2v) is 9.19. The molecule has 178 valence electrons. The van der Waals surface area contributed by atoms with Gasteiger partial charge in [-0.2, -0.15) is 0 Å². The highest BCUT2D eigenvalue weighted by molar-refractivity contribution is 7.92. The van der Waals surface area contributed by atoms with Crippen LogP contribution in [0.3, 0.4) is 0 Å². The Balaban J connectivity index is 1.60. The van der Waals surface area contributed by atoms with Crippen molar-refractivity contribution in [3.05, 3.63) is 72.3 Å². The van der Waals surface area contributed by atoms with E-state index in [4.69, 9.17) is 18.9 Å². The summed E-state index contributed by atoms with van der Waals surface area (Å²) in [6.45, 7) is -0.111. The van der Waals surface area contributed by atoms with Gasteiger partial charge in [0.2, 0.25) is 12.7 Å². The van der Waals surface area contributed by atoms with Gasteiger partial charge >= 0.3 is 0 Å². The van der Waals surface area contributed by atoms with E-state index < -0.39 is 22.5 Å². The van der Waals surface area contributed by atoms with Crippen molar-refractivity contribution in [3.8, 4) is 23.0 Å². The Hall–Kier alpha value is -3.92. The predicted octanol–water partition coefficient (Wildman–Crippen LogP) is 2.94. The van der Waals surface area contributed by atoms with Crippen LogP contribution < -0.4 is 28.6 Å². The van der Waals surface area contributed by atoms with Crippen LogP contribution in [0.4, 0.5) is 5.69 Å². The molecule has 0 spiro atoms. The molecule has 1 amide bonds. The minimum absolute atomic E-state index is 0.0523. The number of hydrogen-bond acceptors (Lipinski definition) is 7. The summed E-state index contributed by atoms with van der Waals surface area (Å²) in [4.78, 5) is 12.9. The third-order valence-electron chi connectivity index (χ3n) is 5.20. The van der Waals surface area contributed by atoms with Crippen molar-refractivity contribution in [2.75, 3.05) is 31.9 Å². The maximum Gasteiger partial charge on any atom is 0.264 e. The SMILES string of the molecule is COc1ccc(N(CC(=O)NCc2ccc3c(c2)OCO3)S(=O)(=O)c2ccccc2)c(OC)c1. The molecule has 9 nitrogen and oxygen atoms in total. The van der Waals surface area contributed by atoms with Crippen LogP contribution in [0.5, 0.6) is 23.0 Å². The number of sulfonamides is 1. The molecule has 10 heteroatoms. The molecule has 3 aromatic rings. The normalized spacial score (nSPS) is 12.2. The number of anilines is 1. The number of benzene rings is 3. The minimum atomic E-state index is -4.08. The smallest absolute Gasteiger partial charge is 0.264 e. The summed E-state index contributed by atoms with van der Waals surface area (Å²) in [5.41, 5.74) is 1.00. The van der Waals surface area contributed by atoms with Gasteiger partial charge in [0.1, 0.15) is 18.0 Å². The zero-order valence-electron chi connectivity index (χ0n) is 18.7. The molecule has 4 rings (SSSR count). The zero-order chi connectivity index (χ0) is 24.1. The average molecular weight is 485 g/mol. The summed E-state index contributed by atoms with van der Waals surface area (Å²) in [5.74, 6) is 1.49. The first-order chi connectivity index (χ1) is 16.4. The Kier molecular flexibility index (Phi) is 6.78. The summed E-state index contributed by atoms with van der Waals surface area (Å²) in [6, 6.07) is 18.0. The molecular formula is C24H24N2O7S. The van der Waals surface area contributed by atoms with Crippen LogP contribution in [-0.4, -0.2) is 41.9 Å². The van der Waals surface area contributed by atoms with Crippen molar-refractivity contribution in [2.24, 2.45) is 0 Å². The molecule has 0 saturated carbocycles. The van der Waals surface area contributed by atoms with E-state index in [2.05, 4.69) is 5.32 Å². The van der Waals surface area contributed by atoms with E-state index in [9.17, 15) is 13.2 Å². The molecule has 0 fully saturated rings. The zero-order valence-corrected chi connectivity index (χ0v) is 19.5. The first-order valence-corrected chi connectivity index (χ1v) is 11.8. The number of ether oxygens (including phenoxy) is 4. The predicted molar refractivity (Wildman–Crippen MR) is 125 cm³/mol. The van der Waals surface area contributed by atoms with E-state index in [0.717, 1.165) is 9.87 Å². The lowest BCUT2D eigenvalue weighted by atomic mass is 10.2. The summed E-state index contributed by atoms with van der Waals surface area (Å²) >= 11 is 0. The largest absolute Gasteiger partial charge is 0.497 e. The van der Waals surface area contributed by atoms with Crippen LogP contribution in [0.1, 0.15) is 5.56 Å². The van der Waals surface area contributed by atoms with Gasteiger partial charge in [-0.15, -0.1) is 0 Å². The van der Waals surface area contributed by atoms with Gasteiger partial charge in [0, 0.05) is 12.6 Å². The van der Waals surface area contributed by atoms with Gasteiger partial charge in [-0.3, -0.25) is 9.10 Å². The number of methoxy groups -OCH3 is 2. The fourth-order valence-corrected chi connectivity index (χ4v) is 4.90. The van der Waals surface area contributed by atoms with Crippen molar-refractivity contribution in [1.82, 2.24) is 5.32 Å². The van der Waals surface area contributed by atoms with Crippen LogP contribution in [0.15, 0.2) is 71.6 Å². The minimum Gasteiger partial charge on any atom is -0.497 e. The molecule has 34 heavy (non-hydrogen) atoms. The first kappa shape index (κ1) is 23.2. The molecule has 0 bridgehead atoms. The number of rotatable bonds is 9. The monoisotopic (exact) mass is 484 g/mol. The van der Waals surface area contributed by atoms with E-state index >= 15 is 0 Å². The Morgan fingerprint density at radius 3 is 2.47 bits per heavy atom. The molecule has 1 heterocycles. The quantitative estimate of drug-likeness (QED) is 0.498. The van der Waals surface area contributed by atoms with Crippen LogP contribution in [-0.2, 0) is 21.4 Å².